The minimum Gasteiger partial charge on any atom is -0.493 e. The van der Waals surface area contributed by atoms with Crippen molar-refractivity contribution in [2.75, 3.05) is 27.8 Å². The minimum atomic E-state index is 0.0560. The molecule has 0 aromatic heterocycles. The Kier molecular flexibility index (Phi) is 5.44. The number of nitrogens with zero attached hydrogens (tertiary/aromatic N) is 1. The lowest BCUT2D eigenvalue weighted by molar-refractivity contribution is -0.129. The van der Waals surface area contributed by atoms with Crippen molar-refractivity contribution in [3.8, 4) is 11.5 Å². The summed E-state index contributed by atoms with van der Waals surface area (Å²) in [5.74, 6) is 1.45. The maximum atomic E-state index is 11.5. The van der Waals surface area contributed by atoms with E-state index in [1.54, 1.807) is 26.1 Å². The van der Waals surface area contributed by atoms with Crippen LogP contribution in [0.2, 0.25) is 0 Å². The second-order valence-electron chi connectivity index (χ2n) is 5.53. The fraction of sp³-hybridized carbons (Fsp3) is 0.562. The van der Waals surface area contributed by atoms with E-state index in [2.05, 4.69) is 5.32 Å². The van der Waals surface area contributed by atoms with Crippen LogP contribution in [-0.4, -0.2) is 44.7 Å². The summed E-state index contributed by atoms with van der Waals surface area (Å²) < 4.78 is 11.0. The summed E-state index contributed by atoms with van der Waals surface area (Å²) in [5, 5.41) is 3.47. The van der Waals surface area contributed by atoms with Crippen LogP contribution in [-0.2, 0) is 11.3 Å². The van der Waals surface area contributed by atoms with Gasteiger partial charge in [0.1, 0.15) is 0 Å². The number of rotatable bonds is 8. The Hall–Kier alpha value is -1.75. The molecule has 1 N–H and O–H groups in total. The lowest BCUT2D eigenvalue weighted by Gasteiger charge is -2.14. The van der Waals surface area contributed by atoms with Crippen LogP contribution in [0.4, 0.5) is 0 Å². The van der Waals surface area contributed by atoms with E-state index in [0.717, 1.165) is 12.1 Å². The molecule has 1 aliphatic carbocycles. The average molecular weight is 292 g/mol. The monoisotopic (exact) mass is 292 g/mol. The maximum Gasteiger partial charge on any atom is 0.225 e. The lowest BCUT2D eigenvalue weighted by Crippen LogP contribution is -2.23. The zero-order chi connectivity index (χ0) is 15.2. The van der Waals surface area contributed by atoms with E-state index >= 15 is 0 Å². The summed E-state index contributed by atoms with van der Waals surface area (Å²) in [7, 11) is 5.11. The first-order valence-electron chi connectivity index (χ1n) is 7.33. The number of carbonyl (C=O) groups excluding carboxylic acids is 1. The van der Waals surface area contributed by atoms with Crippen molar-refractivity contribution in [2.45, 2.75) is 31.8 Å². The van der Waals surface area contributed by atoms with Crippen molar-refractivity contribution in [3.05, 3.63) is 23.8 Å². The molecule has 0 spiro atoms. The van der Waals surface area contributed by atoms with Crippen molar-refractivity contribution in [1.82, 2.24) is 10.2 Å². The molecule has 1 saturated carbocycles. The number of methoxy groups -OCH3 is 1. The highest BCUT2D eigenvalue weighted by Gasteiger charge is 2.20. The third-order valence-corrected chi connectivity index (χ3v) is 3.47. The van der Waals surface area contributed by atoms with E-state index in [0.29, 0.717) is 30.6 Å². The number of ether oxygens (including phenoxy) is 2. The zero-order valence-electron chi connectivity index (χ0n) is 13.0. The molecule has 21 heavy (non-hydrogen) atoms. The molecule has 0 radical (unpaired) electrons. The fourth-order valence-electron chi connectivity index (χ4n) is 1.97. The third kappa shape index (κ3) is 4.93. The molecule has 0 atom stereocenters. The van der Waals surface area contributed by atoms with Crippen molar-refractivity contribution >= 4 is 5.91 Å². The van der Waals surface area contributed by atoms with E-state index in [1.165, 1.54) is 12.8 Å². The van der Waals surface area contributed by atoms with Crippen molar-refractivity contribution in [2.24, 2.45) is 0 Å². The van der Waals surface area contributed by atoms with Crippen LogP contribution in [0, 0.1) is 0 Å². The van der Waals surface area contributed by atoms with Crippen LogP contribution in [0.1, 0.15) is 24.8 Å². The van der Waals surface area contributed by atoms with Gasteiger partial charge in [-0.25, -0.2) is 0 Å². The van der Waals surface area contributed by atoms with Crippen LogP contribution >= 0.6 is 0 Å². The van der Waals surface area contributed by atoms with Gasteiger partial charge in [-0.3, -0.25) is 4.79 Å². The Morgan fingerprint density at radius 1 is 1.33 bits per heavy atom. The molecule has 1 amide bonds. The van der Waals surface area contributed by atoms with Gasteiger partial charge in [0.2, 0.25) is 5.91 Å². The summed E-state index contributed by atoms with van der Waals surface area (Å²) >= 11 is 0. The Balaban J connectivity index is 1.91. The predicted molar refractivity (Wildman–Crippen MR) is 81.7 cm³/mol. The van der Waals surface area contributed by atoms with Crippen LogP contribution in [0.3, 0.4) is 0 Å². The van der Waals surface area contributed by atoms with Gasteiger partial charge in [-0.1, -0.05) is 6.07 Å². The summed E-state index contributed by atoms with van der Waals surface area (Å²) in [6.45, 7) is 1.19. The van der Waals surface area contributed by atoms with E-state index in [9.17, 15) is 4.79 Å². The molecule has 0 unspecified atom stereocenters. The molecule has 0 aliphatic heterocycles. The molecule has 5 heteroatoms. The molecule has 116 valence electrons. The predicted octanol–water partition coefficient (Wildman–Crippen LogP) is 1.80. The smallest absolute Gasteiger partial charge is 0.225 e. The summed E-state index contributed by atoms with van der Waals surface area (Å²) in [6.07, 6.45) is 2.90. The fourth-order valence-corrected chi connectivity index (χ4v) is 1.97. The number of benzene rings is 1. The zero-order valence-corrected chi connectivity index (χ0v) is 13.0. The van der Waals surface area contributed by atoms with Gasteiger partial charge in [-0.15, -0.1) is 0 Å². The molecule has 0 heterocycles. The Morgan fingerprint density at radius 3 is 2.71 bits per heavy atom. The number of amides is 1. The van der Waals surface area contributed by atoms with Gasteiger partial charge < -0.3 is 19.7 Å². The van der Waals surface area contributed by atoms with Gasteiger partial charge in [-0.05, 0) is 30.5 Å². The van der Waals surface area contributed by atoms with Crippen LogP contribution in [0.5, 0.6) is 11.5 Å². The molecule has 5 nitrogen and oxygen atoms in total. The third-order valence-electron chi connectivity index (χ3n) is 3.47. The Morgan fingerprint density at radius 2 is 2.10 bits per heavy atom. The molecule has 2 rings (SSSR count). The molecule has 1 aromatic carbocycles. The lowest BCUT2D eigenvalue weighted by atomic mass is 10.2. The largest absolute Gasteiger partial charge is 0.493 e. The summed E-state index contributed by atoms with van der Waals surface area (Å²) in [6, 6.07) is 6.60. The number of nitrogens with one attached hydrogen (secondary N) is 1. The molecular formula is C16H24N2O3. The minimum absolute atomic E-state index is 0.0560. The first-order chi connectivity index (χ1) is 10.1. The summed E-state index contributed by atoms with van der Waals surface area (Å²) in [4.78, 5) is 13.1. The van der Waals surface area contributed by atoms with E-state index in [-0.39, 0.29) is 5.91 Å². The number of carbonyl (C=O) groups is 1. The molecule has 1 aliphatic rings. The number of hydrogen-bond donors (Lipinski definition) is 1. The van der Waals surface area contributed by atoms with Gasteiger partial charge in [0.25, 0.3) is 0 Å². The van der Waals surface area contributed by atoms with Gasteiger partial charge in [-0.2, -0.15) is 0 Å². The van der Waals surface area contributed by atoms with Gasteiger partial charge in [0, 0.05) is 26.7 Å². The van der Waals surface area contributed by atoms with Gasteiger partial charge in [0.05, 0.1) is 20.1 Å². The van der Waals surface area contributed by atoms with E-state index < -0.39 is 0 Å². The highest BCUT2D eigenvalue weighted by atomic mass is 16.5. The molecule has 1 fully saturated rings. The Labute approximate surface area is 126 Å². The standard InChI is InChI=1S/C16H24N2O3/c1-18(2)16(19)8-9-21-15-10-12(4-7-14(15)20-3)11-17-13-5-6-13/h4,7,10,13,17H,5-6,8-9,11H2,1-3H3. The highest BCUT2D eigenvalue weighted by Crippen LogP contribution is 2.28. The van der Waals surface area contributed by atoms with Crippen LogP contribution < -0.4 is 14.8 Å². The van der Waals surface area contributed by atoms with Crippen molar-refractivity contribution in [3.63, 3.8) is 0 Å². The first kappa shape index (κ1) is 15.6. The SMILES string of the molecule is COc1ccc(CNC2CC2)cc1OCCC(=O)N(C)C. The molecule has 0 saturated heterocycles. The van der Waals surface area contributed by atoms with Crippen LogP contribution in [0.15, 0.2) is 18.2 Å². The van der Waals surface area contributed by atoms with Crippen molar-refractivity contribution in [1.29, 1.82) is 0 Å². The highest BCUT2D eigenvalue weighted by molar-refractivity contribution is 5.75. The summed E-state index contributed by atoms with van der Waals surface area (Å²) in [5.41, 5.74) is 1.16. The van der Waals surface area contributed by atoms with Crippen LogP contribution in [0.25, 0.3) is 0 Å². The number of hydrogen-bond acceptors (Lipinski definition) is 4. The first-order valence-corrected chi connectivity index (χ1v) is 7.33. The average Bonchev–Trinajstić information content (AvgIpc) is 3.29. The second kappa shape index (κ2) is 7.31. The van der Waals surface area contributed by atoms with Gasteiger partial charge >= 0.3 is 0 Å². The molecule has 0 bridgehead atoms. The van der Waals surface area contributed by atoms with Gasteiger partial charge in [0.15, 0.2) is 11.5 Å². The van der Waals surface area contributed by atoms with Crippen molar-refractivity contribution < 1.29 is 14.3 Å². The Bertz CT molecular complexity index is 484. The maximum absolute atomic E-state index is 11.5. The normalized spacial score (nSPS) is 13.9. The van der Waals surface area contributed by atoms with E-state index in [1.807, 2.05) is 18.2 Å². The van der Waals surface area contributed by atoms with E-state index in [4.69, 9.17) is 9.47 Å². The quantitative estimate of drug-likeness (QED) is 0.794. The molecular weight excluding hydrogens is 268 g/mol. The second-order valence-corrected chi connectivity index (χ2v) is 5.53. The molecule has 1 aromatic rings. The topological polar surface area (TPSA) is 50.8 Å².